The SMILES string of the molecule is CC(Nc1ncccc1OC(=O)N(C)C)C(=O)O. The number of carboxylic acid groups (broad SMARTS) is 1. The monoisotopic (exact) mass is 253 g/mol. The summed E-state index contributed by atoms with van der Waals surface area (Å²) in [7, 11) is 3.09. The van der Waals surface area contributed by atoms with Crippen LogP contribution in [-0.4, -0.2) is 47.2 Å². The minimum Gasteiger partial charge on any atom is -0.480 e. The van der Waals surface area contributed by atoms with Crippen LogP contribution in [0.3, 0.4) is 0 Å². The van der Waals surface area contributed by atoms with Gasteiger partial charge in [0.05, 0.1) is 0 Å². The molecule has 98 valence electrons. The van der Waals surface area contributed by atoms with Gasteiger partial charge < -0.3 is 20.1 Å². The zero-order valence-electron chi connectivity index (χ0n) is 10.4. The summed E-state index contributed by atoms with van der Waals surface area (Å²) >= 11 is 0. The van der Waals surface area contributed by atoms with Crippen molar-refractivity contribution in [3.63, 3.8) is 0 Å². The van der Waals surface area contributed by atoms with E-state index in [4.69, 9.17) is 9.84 Å². The number of anilines is 1. The number of carbonyl (C=O) groups is 2. The van der Waals surface area contributed by atoms with E-state index in [-0.39, 0.29) is 11.6 Å². The van der Waals surface area contributed by atoms with Crippen LogP contribution in [0.4, 0.5) is 10.6 Å². The van der Waals surface area contributed by atoms with E-state index in [9.17, 15) is 9.59 Å². The molecule has 1 unspecified atom stereocenters. The van der Waals surface area contributed by atoms with Crippen molar-refractivity contribution < 1.29 is 19.4 Å². The molecular formula is C11H15N3O4. The van der Waals surface area contributed by atoms with Gasteiger partial charge in [0.15, 0.2) is 11.6 Å². The fraction of sp³-hybridized carbons (Fsp3) is 0.364. The Morgan fingerprint density at radius 3 is 2.72 bits per heavy atom. The molecule has 0 bridgehead atoms. The highest BCUT2D eigenvalue weighted by Gasteiger charge is 2.16. The van der Waals surface area contributed by atoms with Crippen LogP contribution >= 0.6 is 0 Å². The summed E-state index contributed by atoms with van der Waals surface area (Å²) in [4.78, 5) is 27.4. The molecule has 1 heterocycles. The smallest absolute Gasteiger partial charge is 0.414 e. The first-order valence-corrected chi connectivity index (χ1v) is 5.25. The third kappa shape index (κ3) is 3.62. The lowest BCUT2D eigenvalue weighted by atomic mass is 10.3. The van der Waals surface area contributed by atoms with Gasteiger partial charge in [-0.1, -0.05) is 0 Å². The van der Waals surface area contributed by atoms with Gasteiger partial charge in [-0.15, -0.1) is 0 Å². The molecule has 0 saturated heterocycles. The predicted molar refractivity (Wildman–Crippen MR) is 64.7 cm³/mol. The van der Waals surface area contributed by atoms with Crippen LogP contribution < -0.4 is 10.1 Å². The molecule has 1 rings (SSSR count). The number of hydrogen-bond donors (Lipinski definition) is 2. The quantitative estimate of drug-likeness (QED) is 0.832. The average molecular weight is 253 g/mol. The highest BCUT2D eigenvalue weighted by Crippen LogP contribution is 2.22. The summed E-state index contributed by atoms with van der Waals surface area (Å²) < 4.78 is 5.06. The predicted octanol–water partition coefficient (Wildman–Crippen LogP) is 1.03. The van der Waals surface area contributed by atoms with Crippen molar-refractivity contribution in [2.24, 2.45) is 0 Å². The van der Waals surface area contributed by atoms with Crippen LogP contribution in [0, 0.1) is 0 Å². The van der Waals surface area contributed by atoms with Crippen LogP contribution in [0.2, 0.25) is 0 Å². The molecule has 2 N–H and O–H groups in total. The largest absolute Gasteiger partial charge is 0.480 e. The van der Waals surface area contributed by atoms with Gasteiger partial charge in [0.2, 0.25) is 0 Å². The first kappa shape index (κ1) is 13.8. The second-order valence-corrected chi connectivity index (χ2v) is 3.82. The van der Waals surface area contributed by atoms with E-state index >= 15 is 0 Å². The van der Waals surface area contributed by atoms with E-state index in [0.717, 1.165) is 0 Å². The lowest BCUT2D eigenvalue weighted by Gasteiger charge is -2.15. The number of amides is 1. The maximum Gasteiger partial charge on any atom is 0.414 e. The van der Waals surface area contributed by atoms with Crippen molar-refractivity contribution in [2.45, 2.75) is 13.0 Å². The Hall–Kier alpha value is -2.31. The molecule has 0 fully saturated rings. The Kier molecular flexibility index (Phi) is 4.47. The number of pyridine rings is 1. The maximum atomic E-state index is 11.4. The molecule has 18 heavy (non-hydrogen) atoms. The molecule has 1 aromatic heterocycles. The van der Waals surface area contributed by atoms with Gasteiger partial charge in [0.1, 0.15) is 6.04 Å². The number of carbonyl (C=O) groups excluding carboxylic acids is 1. The van der Waals surface area contributed by atoms with Crippen molar-refractivity contribution in [1.82, 2.24) is 9.88 Å². The summed E-state index contributed by atoms with van der Waals surface area (Å²) in [6.07, 6.45) is 0.915. The van der Waals surface area contributed by atoms with Crippen molar-refractivity contribution in [3.05, 3.63) is 18.3 Å². The maximum absolute atomic E-state index is 11.4. The van der Waals surface area contributed by atoms with Crippen LogP contribution in [-0.2, 0) is 4.79 Å². The number of nitrogens with one attached hydrogen (secondary N) is 1. The zero-order chi connectivity index (χ0) is 13.7. The van der Waals surface area contributed by atoms with Gasteiger partial charge in [0, 0.05) is 20.3 Å². The molecule has 0 saturated carbocycles. The molecular weight excluding hydrogens is 238 g/mol. The standard InChI is InChI=1S/C11H15N3O4/c1-7(10(15)16)13-9-8(5-4-6-12-9)18-11(17)14(2)3/h4-7H,1-3H3,(H,12,13)(H,15,16). The van der Waals surface area contributed by atoms with Gasteiger partial charge in [-0.2, -0.15) is 0 Å². The van der Waals surface area contributed by atoms with Gasteiger partial charge in [-0.05, 0) is 19.1 Å². The molecule has 7 heteroatoms. The number of hydrogen-bond acceptors (Lipinski definition) is 5. The zero-order valence-corrected chi connectivity index (χ0v) is 10.4. The number of ether oxygens (including phenoxy) is 1. The highest BCUT2D eigenvalue weighted by molar-refractivity contribution is 5.78. The number of carboxylic acids is 1. The van der Waals surface area contributed by atoms with E-state index in [0.29, 0.717) is 0 Å². The molecule has 0 aromatic carbocycles. The van der Waals surface area contributed by atoms with Crippen LogP contribution in [0.15, 0.2) is 18.3 Å². The number of aliphatic carboxylic acids is 1. The number of aromatic nitrogens is 1. The summed E-state index contributed by atoms with van der Waals surface area (Å²) in [6, 6.07) is 2.29. The fourth-order valence-corrected chi connectivity index (χ4v) is 1.03. The average Bonchev–Trinajstić information content (AvgIpc) is 2.31. The molecule has 1 amide bonds. The number of rotatable bonds is 4. The first-order chi connectivity index (χ1) is 8.41. The highest BCUT2D eigenvalue weighted by atomic mass is 16.6. The topological polar surface area (TPSA) is 91.8 Å². The second kappa shape index (κ2) is 5.85. The van der Waals surface area contributed by atoms with E-state index in [1.54, 1.807) is 20.2 Å². The summed E-state index contributed by atoms with van der Waals surface area (Å²) in [5, 5.41) is 11.4. The molecule has 1 atom stereocenters. The summed E-state index contributed by atoms with van der Waals surface area (Å²) in [5.41, 5.74) is 0. The molecule has 0 aliphatic rings. The van der Waals surface area contributed by atoms with E-state index < -0.39 is 18.1 Å². The fourth-order valence-electron chi connectivity index (χ4n) is 1.03. The van der Waals surface area contributed by atoms with E-state index in [1.807, 2.05) is 0 Å². The Balaban J connectivity index is 2.86. The van der Waals surface area contributed by atoms with Crippen molar-refractivity contribution >= 4 is 17.9 Å². The first-order valence-electron chi connectivity index (χ1n) is 5.25. The number of nitrogens with zero attached hydrogens (tertiary/aromatic N) is 2. The third-order valence-electron chi connectivity index (χ3n) is 2.06. The van der Waals surface area contributed by atoms with Gasteiger partial charge in [0.25, 0.3) is 0 Å². The van der Waals surface area contributed by atoms with Crippen molar-refractivity contribution in [1.29, 1.82) is 0 Å². The summed E-state index contributed by atoms with van der Waals surface area (Å²) in [5.74, 6) is -0.627. The Morgan fingerprint density at radius 2 is 2.17 bits per heavy atom. The van der Waals surface area contributed by atoms with Crippen LogP contribution in [0.5, 0.6) is 5.75 Å². The Morgan fingerprint density at radius 1 is 1.50 bits per heavy atom. The van der Waals surface area contributed by atoms with E-state index in [1.165, 1.54) is 24.1 Å². The third-order valence-corrected chi connectivity index (χ3v) is 2.06. The molecule has 0 aliphatic heterocycles. The molecule has 0 spiro atoms. The lowest BCUT2D eigenvalue weighted by Crippen LogP contribution is -2.28. The Bertz CT molecular complexity index is 448. The minimum absolute atomic E-state index is 0.185. The molecule has 7 nitrogen and oxygen atoms in total. The molecule has 1 aromatic rings. The minimum atomic E-state index is -1.02. The van der Waals surface area contributed by atoms with Gasteiger partial charge >= 0.3 is 12.1 Å². The van der Waals surface area contributed by atoms with Crippen molar-refractivity contribution in [3.8, 4) is 5.75 Å². The molecule has 0 radical (unpaired) electrons. The normalized spacial score (nSPS) is 11.5. The molecule has 0 aliphatic carbocycles. The van der Waals surface area contributed by atoms with Gasteiger partial charge in [-0.25, -0.2) is 9.78 Å². The lowest BCUT2D eigenvalue weighted by molar-refractivity contribution is -0.137. The van der Waals surface area contributed by atoms with Crippen molar-refractivity contribution in [2.75, 3.05) is 19.4 Å². The Labute approximate surface area is 104 Å². The van der Waals surface area contributed by atoms with Crippen LogP contribution in [0.25, 0.3) is 0 Å². The van der Waals surface area contributed by atoms with Gasteiger partial charge in [-0.3, -0.25) is 4.79 Å². The summed E-state index contributed by atoms with van der Waals surface area (Å²) in [6.45, 7) is 1.47. The van der Waals surface area contributed by atoms with Crippen LogP contribution in [0.1, 0.15) is 6.92 Å². The second-order valence-electron chi connectivity index (χ2n) is 3.82. The van der Waals surface area contributed by atoms with E-state index in [2.05, 4.69) is 10.3 Å².